The van der Waals surface area contributed by atoms with E-state index in [1.807, 2.05) is 12.1 Å². The largest absolute Gasteiger partial charge is 0.463 e. The number of aromatic nitrogens is 1. The molecular weight excluding hydrogens is 160 g/mol. The van der Waals surface area contributed by atoms with Crippen molar-refractivity contribution in [1.29, 1.82) is 0 Å². The van der Waals surface area contributed by atoms with Crippen molar-refractivity contribution in [2.75, 3.05) is 5.73 Å². The standard InChI is InChI=1S/C7H6N2OS/c8-7-9-4-6(11-7)5-2-1-3-10-5/h1-4H,(H2,8,9). The van der Waals surface area contributed by atoms with Crippen LogP contribution in [0.3, 0.4) is 0 Å². The van der Waals surface area contributed by atoms with Gasteiger partial charge in [0.15, 0.2) is 5.13 Å². The predicted molar refractivity (Wildman–Crippen MR) is 44.2 cm³/mol. The van der Waals surface area contributed by atoms with Gasteiger partial charge in [-0.25, -0.2) is 4.98 Å². The minimum atomic E-state index is 0.566. The van der Waals surface area contributed by atoms with Crippen molar-refractivity contribution in [2.45, 2.75) is 0 Å². The Kier molecular flexibility index (Phi) is 1.40. The van der Waals surface area contributed by atoms with Crippen molar-refractivity contribution in [2.24, 2.45) is 0 Å². The first kappa shape index (κ1) is 6.42. The summed E-state index contributed by atoms with van der Waals surface area (Å²) in [7, 11) is 0. The number of nitrogens with zero attached hydrogens (tertiary/aromatic N) is 1. The molecule has 0 unspecified atom stereocenters. The maximum absolute atomic E-state index is 5.45. The van der Waals surface area contributed by atoms with Crippen LogP contribution in [0.15, 0.2) is 29.0 Å². The van der Waals surface area contributed by atoms with Crippen LogP contribution in [0.25, 0.3) is 10.6 Å². The third-order valence-electron chi connectivity index (χ3n) is 1.29. The third-order valence-corrected chi connectivity index (χ3v) is 2.13. The van der Waals surface area contributed by atoms with Crippen LogP contribution in [-0.4, -0.2) is 4.98 Å². The van der Waals surface area contributed by atoms with E-state index in [-0.39, 0.29) is 0 Å². The summed E-state index contributed by atoms with van der Waals surface area (Å²) < 4.78 is 5.15. The summed E-state index contributed by atoms with van der Waals surface area (Å²) in [6.45, 7) is 0. The zero-order chi connectivity index (χ0) is 7.68. The number of thiazole rings is 1. The first-order chi connectivity index (χ1) is 5.36. The van der Waals surface area contributed by atoms with E-state index in [0.717, 1.165) is 10.6 Å². The molecule has 2 aromatic heterocycles. The van der Waals surface area contributed by atoms with Crippen molar-refractivity contribution in [1.82, 2.24) is 4.98 Å². The quantitative estimate of drug-likeness (QED) is 0.704. The smallest absolute Gasteiger partial charge is 0.180 e. The molecule has 0 fully saturated rings. The van der Waals surface area contributed by atoms with Crippen LogP contribution < -0.4 is 5.73 Å². The average Bonchev–Trinajstić information content (AvgIpc) is 2.55. The molecule has 56 valence electrons. The van der Waals surface area contributed by atoms with Crippen LogP contribution in [0.4, 0.5) is 5.13 Å². The van der Waals surface area contributed by atoms with Gasteiger partial charge >= 0.3 is 0 Å². The van der Waals surface area contributed by atoms with Gasteiger partial charge in [0.2, 0.25) is 0 Å². The van der Waals surface area contributed by atoms with Crippen molar-refractivity contribution in [3.63, 3.8) is 0 Å². The SMILES string of the molecule is Nc1ncc(-c2ccco2)s1. The third kappa shape index (κ3) is 1.12. The summed E-state index contributed by atoms with van der Waals surface area (Å²) in [4.78, 5) is 4.87. The van der Waals surface area contributed by atoms with E-state index in [0.29, 0.717) is 5.13 Å². The monoisotopic (exact) mass is 166 g/mol. The minimum absolute atomic E-state index is 0.566. The predicted octanol–water partition coefficient (Wildman–Crippen LogP) is 1.99. The van der Waals surface area contributed by atoms with Gasteiger partial charge in [-0.3, -0.25) is 0 Å². The number of nitrogens with two attached hydrogens (primary N) is 1. The molecule has 0 spiro atoms. The second-order valence-corrected chi connectivity index (χ2v) is 3.10. The molecule has 0 aliphatic heterocycles. The van der Waals surface area contributed by atoms with Gasteiger partial charge in [0, 0.05) is 0 Å². The Hall–Kier alpha value is -1.29. The van der Waals surface area contributed by atoms with Gasteiger partial charge in [0.1, 0.15) is 5.76 Å². The summed E-state index contributed by atoms with van der Waals surface area (Å²) in [5.41, 5.74) is 5.45. The number of hydrogen-bond acceptors (Lipinski definition) is 4. The van der Waals surface area contributed by atoms with E-state index in [1.54, 1.807) is 12.5 Å². The van der Waals surface area contributed by atoms with Crippen LogP contribution in [0, 0.1) is 0 Å². The molecular formula is C7H6N2OS. The highest BCUT2D eigenvalue weighted by molar-refractivity contribution is 7.18. The van der Waals surface area contributed by atoms with E-state index >= 15 is 0 Å². The maximum atomic E-state index is 5.45. The topological polar surface area (TPSA) is 52.0 Å². The summed E-state index contributed by atoms with van der Waals surface area (Å²) in [6.07, 6.45) is 3.34. The Balaban J connectivity index is 2.45. The number of anilines is 1. The van der Waals surface area contributed by atoms with Crippen LogP contribution in [0.5, 0.6) is 0 Å². The fourth-order valence-electron chi connectivity index (χ4n) is 0.820. The maximum Gasteiger partial charge on any atom is 0.180 e. The van der Waals surface area contributed by atoms with Gasteiger partial charge in [-0.05, 0) is 12.1 Å². The van der Waals surface area contributed by atoms with Crippen molar-refractivity contribution in [3.8, 4) is 10.6 Å². The Labute approximate surface area is 67.5 Å². The van der Waals surface area contributed by atoms with Crippen molar-refractivity contribution >= 4 is 16.5 Å². The van der Waals surface area contributed by atoms with Gasteiger partial charge in [0.25, 0.3) is 0 Å². The van der Waals surface area contributed by atoms with Crippen LogP contribution in [0.1, 0.15) is 0 Å². The van der Waals surface area contributed by atoms with Gasteiger partial charge < -0.3 is 10.2 Å². The zero-order valence-electron chi connectivity index (χ0n) is 5.65. The lowest BCUT2D eigenvalue weighted by Crippen LogP contribution is -1.77. The summed E-state index contributed by atoms with van der Waals surface area (Å²) in [6, 6.07) is 3.72. The molecule has 3 nitrogen and oxygen atoms in total. The van der Waals surface area contributed by atoms with Crippen molar-refractivity contribution in [3.05, 3.63) is 24.6 Å². The summed E-state index contributed by atoms with van der Waals surface area (Å²) in [5, 5.41) is 0.566. The van der Waals surface area contributed by atoms with Gasteiger partial charge in [-0.15, -0.1) is 0 Å². The molecule has 0 aliphatic carbocycles. The van der Waals surface area contributed by atoms with Gasteiger partial charge in [-0.1, -0.05) is 11.3 Å². The Morgan fingerprint density at radius 3 is 3.00 bits per heavy atom. The molecule has 0 radical (unpaired) electrons. The molecule has 0 aromatic carbocycles. The number of rotatable bonds is 1. The van der Waals surface area contributed by atoms with E-state index in [4.69, 9.17) is 10.2 Å². The van der Waals surface area contributed by atoms with Crippen LogP contribution in [-0.2, 0) is 0 Å². The first-order valence-corrected chi connectivity index (χ1v) is 3.93. The van der Waals surface area contributed by atoms with E-state index in [1.165, 1.54) is 11.3 Å². The molecule has 2 heterocycles. The number of nitrogen functional groups attached to an aromatic ring is 1. The van der Waals surface area contributed by atoms with Gasteiger partial charge in [0.05, 0.1) is 17.3 Å². The molecule has 4 heteroatoms. The van der Waals surface area contributed by atoms with E-state index < -0.39 is 0 Å². The molecule has 0 bridgehead atoms. The van der Waals surface area contributed by atoms with Gasteiger partial charge in [-0.2, -0.15) is 0 Å². The zero-order valence-corrected chi connectivity index (χ0v) is 6.47. The lowest BCUT2D eigenvalue weighted by Gasteiger charge is -1.84. The lowest BCUT2D eigenvalue weighted by molar-refractivity contribution is 0.583. The lowest BCUT2D eigenvalue weighted by atomic mass is 10.4. The fraction of sp³-hybridized carbons (Fsp3) is 0. The average molecular weight is 166 g/mol. The number of hydrogen-bond donors (Lipinski definition) is 1. The number of furan rings is 1. The highest BCUT2D eigenvalue weighted by Crippen LogP contribution is 2.26. The summed E-state index contributed by atoms with van der Waals surface area (Å²) in [5.74, 6) is 0.819. The highest BCUT2D eigenvalue weighted by atomic mass is 32.1. The molecule has 2 aromatic rings. The summed E-state index contributed by atoms with van der Waals surface area (Å²) >= 11 is 1.42. The Morgan fingerprint density at radius 1 is 1.55 bits per heavy atom. The second kappa shape index (κ2) is 2.39. The van der Waals surface area contributed by atoms with E-state index in [9.17, 15) is 0 Å². The molecule has 0 saturated heterocycles. The van der Waals surface area contributed by atoms with Crippen LogP contribution in [0.2, 0.25) is 0 Å². The minimum Gasteiger partial charge on any atom is -0.463 e. The Bertz CT molecular complexity index is 339. The molecule has 0 saturated carbocycles. The normalized spacial score (nSPS) is 10.2. The molecule has 11 heavy (non-hydrogen) atoms. The Morgan fingerprint density at radius 2 is 2.45 bits per heavy atom. The fourth-order valence-corrected chi connectivity index (χ4v) is 1.47. The second-order valence-electron chi connectivity index (χ2n) is 2.04. The van der Waals surface area contributed by atoms with Crippen LogP contribution >= 0.6 is 11.3 Å². The molecule has 0 amide bonds. The molecule has 0 atom stereocenters. The van der Waals surface area contributed by atoms with Crippen molar-refractivity contribution < 1.29 is 4.42 Å². The molecule has 2 N–H and O–H groups in total. The molecule has 2 rings (SSSR count). The first-order valence-electron chi connectivity index (χ1n) is 3.11. The highest BCUT2D eigenvalue weighted by Gasteiger charge is 2.02. The molecule has 0 aliphatic rings. The van der Waals surface area contributed by atoms with E-state index in [2.05, 4.69) is 4.98 Å².